The zero-order valence-electron chi connectivity index (χ0n) is 18.8. The molecule has 2 N–H and O–H groups in total. The third kappa shape index (κ3) is 6.29. The summed E-state index contributed by atoms with van der Waals surface area (Å²) in [4.78, 5) is 28.8. The van der Waals surface area contributed by atoms with E-state index in [1.807, 2.05) is 13.8 Å². The highest BCUT2D eigenvalue weighted by Crippen LogP contribution is 2.22. The Kier molecular flexibility index (Phi) is 8.38. The van der Waals surface area contributed by atoms with Crippen molar-refractivity contribution < 1.29 is 22.7 Å². The highest BCUT2D eigenvalue weighted by Gasteiger charge is 2.32. The fraction of sp³-hybridized carbons (Fsp3) is 0.545. The van der Waals surface area contributed by atoms with E-state index in [4.69, 9.17) is 4.74 Å². The van der Waals surface area contributed by atoms with Crippen LogP contribution in [0.25, 0.3) is 0 Å². The van der Waals surface area contributed by atoms with E-state index >= 15 is 0 Å². The average molecular weight is 463 g/mol. The van der Waals surface area contributed by atoms with Gasteiger partial charge in [0.25, 0.3) is 15.9 Å². The number of amidine groups is 1. The quantitative estimate of drug-likeness (QED) is 0.404. The second-order valence-electron chi connectivity index (χ2n) is 8.23. The first-order chi connectivity index (χ1) is 15.0. The molecular formula is C22H30N4O5S. The van der Waals surface area contributed by atoms with E-state index < -0.39 is 33.5 Å². The Morgan fingerprint density at radius 3 is 2.56 bits per heavy atom. The maximum atomic E-state index is 12.2. The minimum atomic E-state index is -3.54. The van der Waals surface area contributed by atoms with E-state index in [0.29, 0.717) is 37.2 Å². The van der Waals surface area contributed by atoms with Crippen LogP contribution in [-0.2, 0) is 24.3 Å². The molecule has 2 atom stereocenters. The van der Waals surface area contributed by atoms with Gasteiger partial charge in [-0.3, -0.25) is 19.3 Å². The third-order valence-corrected chi connectivity index (χ3v) is 6.82. The highest BCUT2D eigenvalue weighted by atomic mass is 32.2. The number of nitriles is 1. The molecule has 174 valence electrons. The fourth-order valence-electron chi connectivity index (χ4n) is 2.97. The van der Waals surface area contributed by atoms with Gasteiger partial charge in [0, 0.05) is 18.5 Å². The summed E-state index contributed by atoms with van der Waals surface area (Å²) in [6, 6.07) is 8.75. The standard InChI is InChI=1S/C22H30N4O5S/c1-15(2)22(4,14-23)25-21(28)16(3)31-19(27)12-6-5-9-13-24-20-17-10-7-8-11-18(17)32(29,30)26-20/h7-8,10-11,15-16H,5-6,9,12-13H2,1-4H3,(H,24,26)(H,25,28)/t16-,22-/m0/s1. The van der Waals surface area contributed by atoms with E-state index in [2.05, 4.69) is 21.1 Å². The molecule has 1 heterocycles. The molecule has 0 bridgehead atoms. The Balaban J connectivity index is 1.72. The van der Waals surface area contributed by atoms with Crippen molar-refractivity contribution in [2.75, 3.05) is 6.54 Å². The summed E-state index contributed by atoms with van der Waals surface area (Å²) in [6.07, 6.45) is 1.09. The second-order valence-corrected chi connectivity index (χ2v) is 9.88. The molecule has 0 saturated carbocycles. The Bertz CT molecular complexity index is 1030. The van der Waals surface area contributed by atoms with Crippen LogP contribution in [0.5, 0.6) is 0 Å². The smallest absolute Gasteiger partial charge is 0.306 e. The molecule has 1 amide bonds. The molecule has 0 aromatic heterocycles. The van der Waals surface area contributed by atoms with Gasteiger partial charge in [-0.25, -0.2) is 8.42 Å². The maximum absolute atomic E-state index is 12.2. The summed E-state index contributed by atoms with van der Waals surface area (Å²) in [5.74, 6) is -0.757. The number of unbranched alkanes of at least 4 members (excludes halogenated alkanes) is 2. The van der Waals surface area contributed by atoms with Gasteiger partial charge in [0.15, 0.2) is 6.10 Å². The number of benzene rings is 1. The van der Waals surface area contributed by atoms with Crippen molar-refractivity contribution in [3.63, 3.8) is 0 Å². The number of nitrogens with zero attached hydrogens (tertiary/aromatic N) is 2. The number of ether oxygens (including phenoxy) is 1. The molecule has 0 saturated heterocycles. The summed E-state index contributed by atoms with van der Waals surface area (Å²) in [5.41, 5.74) is -0.471. The van der Waals surface area contributed by atoms with Crippen molar-refractivity contribution in [2.45, 2.75) is 69.9 Å². The number of esters is 1. The summed E-state index contributed by atoms with van der Waals surface area (Å²) in [5, 5.41) is 11.9. The molecule has 2 rings (SSSR count). The number of fused-ring (bicyclic) bond motifs is 1. The number of hydrogen-bond donors (Lipinski definition) is 2. The van der Waals surface area contributed by atoms with Crippen LogP contribution >= 0.6 is 0 Å². The van der Waals surface area contributed by atoms with Crippen molar-refractivity contribution in [2.24, 2.45) is 10.9 Å². The van der Waals surface area contributed by atoms with Gasteiger partial charge >= 0.3 is 5.97 Å². The topological polar surface area (TPSA) is 138 Å². The van der Waals surface area contributed by atoms with Crippen molar-refractivity contribution >= 4 is 27.7 Å². The number of aliphatic imine (C=N–C) groups is 1. The third-order valence-electron chi connectivity index (χ3n) is 5.42. The summed E-state index contributed by atoms with van der Waals surface area (Å²) in [6.45, 7) is 7.17. The molecule has 0 unspecified atom stereocenters. The second kappa shape index (κ2) is 10.6. The lowest BCUT2D eigenvalue weighted by atomic mass is 9.90. The molecule has 1 aromatic carbocycles. The lowest BCUT2D eigenvalue weighted by Gasteiger charge is -2.28. The average Bonchev–Trinajstić information content (AvgIpc) is 3.00. The van der Waals surface area contributed by atoms with E-state index in [1.54, 1.807) is 25.1 Å². The predicted octanol–water partition coefficient (Wildman–Crippen LogP) is 2.27. The Morgan fingerprint density at radius 2 is 1.91 bits per heavy atom. The molecule has 0 fully saturated rings. The Labute approximate surface area is 189 Å². The first-order valence-electron chi connectivity index (χ1n) is 10.6. The van der Waals surface area contributed by atoms with Crippen LogP contribution in [0.15, 0.2) is 34.2 Å². The van der Waals surface area contributed by atoms with Crippen molar-refractivity contribution in [1.82, 2.24) is 10.0 Å². The van der Waals surface area contributed by atoms with Gasteiger partial charge in [0.2, 0.25) is 0 Å². The molecule has 0 radical (unpaired) electrons. The lowest BCUT2D eigenvalue weighted by Crippen LogP contribution is -2.52. The van der Waals surface area contributed by atoms with Crippen molar-refractivity contribution in [1.29, 1.82) is 5.26 Å². The number of amides is 1. The molecule has 0 aliphatic carbocycles. The number of sulfonamides is 1. The molecule has 10 heteroatoms. The lowest BCUT2D eigenvalue weighted by molar-refractivity contribution is -0.155. The molecular weight excluding hydrogens is 432 g/mol. The first-order valence-corrected chi connectivity index (χ1v) is 12.1. The zero-order valence-corrected chi connectivity index (χ0v) is 19.7. The maximum Gasteiger partial charge on any atom is 0.306 e. The molecule has 1 aliphatic heterocycles. The van der Waals surface area contributed by atoms with Crippen LogP contribution in [0.4, 0.5) is 0 Å². The SMILES string of the molecule is CC(C)[C@](C)(C#N)NC(=O)[C@H](C)OC(=O)CCCCCN=C1NS(=O)(=O)c2ccccc21. The summed E-state index contributed by atoms with van der Waals surface area (Å²) >= 11 is 0. The van der Waals surface area contributed by atoms with Gasteiger partial charge < -0.3 is 10.1 Å². The summed E-state index contributed by atoms with van der Waals surface area (Å²) in [7, 11) is -3.54. The van der Waals surface area contributed by atoms with Gasteiger partial charge in [0.1, 0.15) is 11.4 Å². The minimum Gasteiger partial charge on any atom is -0.453 e. The van der Waals surface area contributed by atoms with Crippen LogP contribution in [0.3, 0.4) is 0 Å². The van der Waals surface area contributed by atoms with Gasteiger partial charge in [0.05, 0.1) is 11.0 Å². The highest BCUT2D eigenvalue weighted by molar-refractivity contribution is 7.90. The predicted molar refractivity (Wildman–Crippen MR) is 119 cm³/mol. The monoisotopic (exact) mass is 462 g/mol. The molecule has 32 heavy (non-hydrogen) atoms. The molecule has 9 nitrogen and oxygen atoms in total. The van der Waals surface area contributed by atoms with Gasteiger partial charge in [-0.15, -0.1) is 0 Å². The Hall–Kier alpha value is -2.93. The molecule has 1 aromatic rings. The minimum absolute atomic E-state index is 0.101. The summed E-state index contributed by atoms with van der Waals surface area (Å²) < 4.78 is 31.7. The van der Waals surface area contributed by atoms with Crippen molar-refractivity contribution in [3.05, 3.63) is 29.8 Å². The first kappa shape index (κ1) is 25.3. The zero-order chi connectivity index (χ0) is 23.9. The number of hydrogen-bond acceptors (Lipinski definition) is 7. The van der Waals surface area contributed by atoms with Gasteiger partial charge in [-0.2, -0.15) is 5.26 Å². The van der Waals surface area contributed by atoms with Crippen LogP contribution in [0.1, 0.15) is 58.9 Å². The van der Waals surface area contributed by atoms with E-state index in [-0.39, 0.29) is 17.2 Å². The van der Waals surface area contributed by atoms with E-state index in [9.17, 15) is 23.3 Å². The van der Waals surface area contributed by atoms with Crippen molar-refractivity contribution in [3.8, 4) is 6.07 Å². The van der Waals surface area contributed by atoms with Crippen LogP contribution in [0, 0.1) is 17.2 Å². The largest absolute Gasteiger partial charge is 0.453 e. The number of rotatable bonds is 10. The fourth-order valence-corrected chi connectivity index (χ4v) is 4.22. The molecule has 1 aliphatic rings. The van der Waals surface area contributed by atoms with Gasteiger partial charge in [-0.05, 0) is 44.7 Å². The normalized spacial score (nSPS) is 18.2. The van der Waals surface area contributed by atoms with Crippen LogP contribution in [-0.4, -0.2) is 44.3 Å². The number of carbonyl (C=O) groups is 2. The van der Waals surface area contributed by atoms with Crippen LogP contribution < -0.4 is 10.0 Å². The van der Waals surface area contributed by atoms with E-state index in [0.717, 1.165) is 0 Å². The number of nitrogens with one attached hydrogen (secondary N) is 2. The van der Waals surface area contributed by atoms with Crippen LogP contribution in [0.2, 0.25) is 0 Å². The Morgan fingerprint density at radius 1 is 1.22 bits per heavy atom. The number of carbonyl (C=O) groups excluding carboxylic acids is 2. The van der Waals surface area contributed by atoms with Gasteiger partial charge in [-0.1, -0.05) is 32.4 Å². The molecule has 0 spiro atoms. The van der Waals surface area contributed by atoms with E-state index in [1.165, 1.54) is 13.0 Å².